The molecule has 1 aliphatic heterocycles. The summed E-state index contributed by atoms with van der Waals surface area (Å²) in [5.41, 5.74) is 0.894. The first-order valence-corrected chi connectivity index (χ1v) is 6.42. The van der Waals surface area contributed by atoms with Crippen LogP contribution < -0.4 is 10.2 Å². The molecular weight excluding hydrogens is 278 g/mol. The maximum absolute atomic E-state index is 11.9. The standard InChI is InChI=1S/C13H15N3O5/c1-8-9(3-2-4-10(8)16(20)21)15-6-5-14-13(19)11(15)7-12(17)18/h2-4,11H,5-7H2,1H3,(H,14,19)(H,17,18). The fourth-order valence-corrected chi connectivity index (χ4v) is 2.49. The summed E-state index contributed by atoms with van der Waals surface area (Å²) in [5, 5.41) is 22.6. The molecule has 1 unspecified atom stereocenters. The minimum absolute atomic E-state index is 0.0486. The molecule has 1 aliphatic rings. The number of rotatable bonds is 4. The summed E-state index contributed by atoms with van der Waals surface area (Å²) in [6, 6.07) is 3.72. The number of amides is 1. The van der Waals surface area contributed by atoms with Crippen LogP contribution >= 0.6 is 0 Å². The number of nitrogens with zero attached hydrogens (tertiary/aromatic N) is 2. The topological polar surface area (TPSA) is 113 Å². The predicted molar refractivity (Wildman–Crippen MR) is 74.2 cm³/mol. The van der Waals surface area contributed by atoms with E-state index in [1.54, 1.807) is 17.9 Å². The Hall–Kier alpha value is -2.64. The Kier molecular flexibility index (Phi) is 4.06. The number of benzene rings is 1. The quantitative estimate of drug-likeness (QED) is 0.623. The van der Waals surface area contributed by atoms with Crippen molar-refractivity contribution >= 4 is 23.3 Å². The van der Waals surface area contributed by atoms with Crippen LogP contribution in [0.3, 0.4) is 0 Å². The fourth-order valence-electron chi connectivity index (χ4n) is 2.49. The summed E-state index contributed by atoms with van der Waals surface area (Å²) in [6.07, 6.45) is -0.353. The third kappa shape index (κ3) is 2.93. The number of carboxylic acid groups (broad SMARTS) is 1. The predicted octanol–water partition coefficient (Wildman–Crippen LogP) is 0.683. The van der Waals surface area contributed by atoms with E-state index >= 15 is 0 Å². The number of nitro groups is 1. The average Bonchev–Trinajstić information content (AvgIpc) is 2.41. The van der Waals surface area contributed by atoms with Crippen LogP contribution in [0.4, 0.5) is 11.4 Å². The summed E-state index contributed by atoms with van der Waals surface area (Å²) in [4.78, 5) is 35.0. The lowest BCUT2D eigenvalue weighted by Crippen LogP contribution is -2.56. The SMILES string of the molecule is Cc1c(N2CCNC(=O)C2CC(=O)O)cccc1[N+](=O)[O-]. The lowest BCUT2D eigenvalue weighted by Gasteiger charge is -2.36. The van der Waals surface area contributed by atoms with Gasteiger partial charge < -0.3 is 15.3 Å². The molecule has 1 atom stereocenters. The maximum atomic E-state index is 11.9. The average molecular weight is 293 g/mol. The first-order valence-electron chi connectivity index (χ1n) is 6.42. The van der Waals surface area contributed by atoms with Gasteiger partial charge in [-0.15, -0.1) is 0 Å². The van der Waals surface area contributed by atoms with Gasteiger partial charge >= 0.3 is 5.97 Å². The van der Waals surface area contributed by atoms with Crippen LogP contribution in [0.15, 0.2) is 18.2 Å². The van der Waals surface area contributed by atoms with Crippen LogP contribution in [-0.4, -0.2) is 41.0 Å². The van der Waals surface area contributed by atoms with E-state index in [2.05, 4.69) is 5.32 Å². The van der Waals surface area contributed by atoms with Crippen LogP contribution in [0.5, 0.6) is 0 Å². The first-order chi connectivity index (χ1) is 9.91. The molecule has 1 amide bonds. The van der Waals surface area contributed by atoms with Gasteiger partial charge in [0.05, 0.1) is 16.9 Å². The number of carbonyl (C=O) groups is 2. The van der Waals surface area contributed by atoms with Gasteiger partial charge in [-0.05, 0) is 13.0 Å². The van der Waals surface area contributed by atoms with Gasteiger partial charge in [-0.2, -0.15) is 0 Å². The van der Waals surface area contributed by atoms with E-state index < -0.39 is 16.9 Å². The van der Waals surface area contributed by atoms with Crippen molar-refractivity contribution in [3.8, 4) is 0 Å². The number of carboxylic acids is 1. The number of piperazine rings is 1. The number of hydrogen-bond donors (Lipinski definition) is 2. The molecule has 112 valence electrons. The van der Waals surface area contributed by atoms with Crippen LogP contribution in [0.25, 0.3) is 0 Å². The van der Waals surface area contributed by atoms with E-state index in [9.17, 15) is 19.7 Å². The van der Waals surface area contributed by atoms with Gasteiger partial charge in [0.15, 0.2) is 0 Å². The Balaban J connectivity index is 2.42. The van der Waals surface area contributed by atoms with Crippen molar-refractivity contribution in [2.24, 2.45) is 0 Å². The minimum Gasteiger partial charge on any atom is -0.481 e. The van der Waals surface area contributed by atoms with Crippen molar-refractivity contribution < 1.29 is 19.6 Å². The van der Waals surface area contributed by atoms with Crippen molar-refractivity contribution in [2.45, 2.75) is 19.4 Å². The largest absolute Gasteiger partial charge is 0.481 e. The van der Waals surface area contributed by atoms with Crippen molar-refractivity contribution in [2.75, 3.05) is 18.0 Å². The molecule has 2 rings (SSSR count). The second-order valence-electron chi connectivity index (χ2n) is 4.78. The molecule has 8 heteroatoms. The van der Waals surface area contributed by atoms with Gasteiger partial charge in [0.1, 0.15) is 6.04 Å². The van der Waals surface area contributed by atoms with E-state index in [-0.39, 0.29) is 18.0 Å². The molecule has 8 nitrogen and oxygen atoms in total. The van der Waals surface area contributed by atoms with E-state index in [0.717, 1.165) is 0 Å². The van der Waals surface area contributed by atoms with Crippen LogP contribution in [-0.2, 0) is 9.59 Å². The van der Waals surface area contributed by atoms with Crippen LogP contribution in [0.2, 0.25) is 0 Å². The summed E-state index contributed by atoms with van der Waals surface area (Å²) in [5.74, 6) is -1.47. The molecule has 1 saturated heterocycles. The fraction of sp³-hybridized carbons (Fsp3) is 0.385. The number of carbonyl (C=O) groups excluding carboxylic acids is 1. The molecule has 21 heavy (non-hydrogen) atoms. The number of hydrogen-bond acceptors (Lipinski definition) is 5. The molecule has 0 aliphatic carbocycles. The summed E-state index contributed by atoms with van der Waals surface area (Å²) in [7, 11) is 0. The number of anilines is 1. The third-order valence-electron chi connectivity index (χ3n) is 3.48. The smallest absolute Gasteiger partial charge is 0.305 e. The Labute approximate surface area is 120 Å². The highest BCUT2D eigenvalue weighted by Gasteiger charge is 2.33. The third-order valence-corrected chi connectivity index (χ3v) is 3.48. The number of nitro benzene ring substituents is 1. The first kappa shape index (κ1) is 14.8. The zero-order valence-electron chi connectivity index (χ0n) is 11.4. The Bertz CT molecular complexity index is 601. The molecule has 0 radical (unpaired) electrons. The molecule has 0 bridgehead atoms. The monoisotopic (exact) mass is 293 g/mol. The van der Waals surface area contributed by atoms with E-state index in [4.69, 9.17) is 5.11 Å². The summed E-state index contributed by atoms with van der Waals surface area (Å²) < 4.78 is 0. The van der Waals surface area contributed by atoms with Crippen molar-refractivity contribution in [3.63, 3.8) is 0 Å². The van der Waals surface area contributed by atoms with E-state index in [0.29, 0.717) is 24.3 Å². The van der Waals surface area contributed by atoms with Crippen molar-refractivity contribution in [1.82, 2.24) is 5.32 Å². The highest BCUT2D eigenvalue weighted by Crippen LogP contribution is 2.30. The van der Waals surface area contributed by atoms with Gasteiger partial charge in [0.25, 0.3) is 5.69 Å². The molecule has 2 N–H and O–H groups in total. The van der Waals surface area contributed by atoms with Gasteiger partial charge in [-0.25, -0.2) is 0 Å². The van der Waals surface area contributed by atoms with Gasteiger partial charge in [-0.3, -0.25) is 19.7 Å². The highest BCUT2D eigenvalue weighted by atomic mass is 16.6. The molecule has 1 aromatic rings. The van der Waals surface area contributed by atoms with Crippen molar-refractivity contribution in [3.05, 3.63) is 33.9 Å². The van der Waals surface area contributed by atoms with E-state index in [1.807, 2.05) is 0 Å². The highest BCUT2D eigenvalue weighted by molar-refractivity contribution is 5.90. The second kappa shape index (κ2) is 5.78. The molecule has 0 spiro atoms. The van der Waals surface area contributed by atoms with Gasteiger partial charge in [-0.1, -0.05) is 6.07 Å². The molecule has 1 heterocycles. The van der Waals surface area contributed by atoms with Gasteiger partial charge in [0.2, 0.25) is 5.91 Å². The Morgan fingerprint density at radius 2 is 2.29 bits per heavy atom. The Morgan fingerprint density at radius 1 is 1.57 bits per heavy atom. The Morgan fingerprint density at radius 3 is 2.90 bits per heavy atom. The molecule has 1 aromatic carbocycles. The maximum Gasteiger partial charge on any atom is 0.305 e. The lowest BCUT2D eigenvalue weighted by molar-refractivity contribution is -0.385. The summed E-state index contributed by atoms with van der Waals surface area (Å²) >= 11 is 0. The second-order valence-corrected chi connectivity index (χ2v) is 4.78. The molecule has 0 saturated carbocycles. The summed E-state index contributed by atoms with van der Waals surface area (Å²) in [6.45, 7) is 2.38. The van der Waals surface area contributed by atoms with E-state index in [1.165, 1.54) is 12.1 Å². The molecule has 1 fully saturated rings. The van der Waals surface area contributed by atoms with Gasteiger partial charge in [0, 0.05) is 24.8 Å². The molecular formula is C13H15N3O5. The minimum atomic E-state index is -1.09. The zero-order valence-corrected chi connectivity index (χ0v) is 11.4. The number of aliphatic carboxylic acids is 1. The normalized spacial score (nSPS) is 18.2. The van der Waals surface area contributed by atoms with Crippen molar-refractivity contribution in [1.29, 1.82) is 0 Å². The molecule has 0 aromatic heterocycles. The lowest BCUT2D eigenvalue weighted by atomic mass is 10.0. The number of nitrogens with one attached hydrogen (secondary N) is 1. The zero-order chi connectivity index (χ0) is 15.6. The van der Waals surface area contributed by atoms with Crippen LogP contribution in [0, 0.1) is 17.0 Å². The van der Waals surface area contributed by atoms with Crippen LogP contribution in [0.1, 0.15) is 12.0 Å².